The van der Waals surface area contributed by atoms with E-state index in [9.17, 15) is 4.79 Å². The SMILES string of the molecule is CCOc1ccccc1/C=C/c1nc(C)cc(=O)[nH]1. The standard InChI is InChI=1S/C15H16N2O2/c1-3-19-13-7-5-4-6-12(13)8-9-14-16-11(2)10-15(18)17-14/h4-10H,3H2,1-2H3,(H,16,17,18)/b9-8+. The summed E-state index contributed by atoms with van der Waals surface area (Å²) in [6, 6.07) is 9.19. The molecule has 0 fully saturated rings. The van der Waals surface area contributed by atoms with Gasteiger partial charge in [-0.25, -0.2) is 4.98 Å². The Labute approximate surface area is 111 Å². The van der Waals surface area contributed by atoms with Gasteiger partial charge in [-0.2, -0.15) is 0 Å². The molecule has 0 amide bonds. The van der Waals surface area contributed by atoms with Gasteiger partial charge in [0, 0.05) is 17.3 Å². The number of aryl methyl sites for hydroxylation is 1. The van der Waals surface area contributed by atoms with E-state index in [1.54, 1.807) is 13.0 Å². The molecule has 1 aromatic heterocycles. The number of ether oxygens (including phenoxy) is 1. The third-order valence-corrected chi connectivity index (χ3v) is 2.53. The quantitative estimate of drug-likeness (QED) is 0.915. The lowest BCUT2D eigenvalue weighted by molar-refractivity contribution is 0.339. The molecule has 0 saturated heterocycles. The van der Waals surface area contributed by atoms with Crippen molar-refractivity contribution in [3.8, 4) is 5.75 Å². The third kappa shape index (κ3) is 3.55. The zero-order valence-electron chi connectivity index (χ0n) is 11.0. The lowest BCUT2D eigenvalue weighted by atomic mass is 10.2. The molecule has 0 aliphatic heterocycles. The first-order valence-corrected chi connectivity index (χ1v) is 6.17. The molecule has 1 heterocycles. The lowest BCUT2D eigenvalue weighted by Gasteiger charge is -2.06. The van der Waals surface area contributed by atoms with Crippen LogP contribution in [0.3, 0.4) is 0 Å². The van der Waals surface area contributed by atoms with Gasteiger partial charge in [0.05, 0.1) is 6.61 Å². The first kappa shape index (κ1) is 13.1. The van der Waals surface area contributed by atoms with Gasteiger partial charge in [-0.3, -0.25) is 4.79 Å². The normalized spacial score (nSPS) is 10.8. The van der Waals surface area contributed by atoms with E-state index in [-0.39, 0.29) is 5.56 Å². The molecule has 4 heteroatoms. The molecule has 4 nitrogen and oxygen atoms in total. The van der Waals surface area contributed by atoms with Gasteiger partial charge in [-0.1, -0.05) is 18.2 Å². The fourth-order valence-electron chi connectivity index (χ4n) is 1.76. The molecule has 1 N–H and O–H groups in total. The molecule has 98 valence electrons. The maximum Gasteiger partial charge on any atom is 0.251 e. The Morgan fingerprint density at radius 2 is 2.11 bits per heavy atom. The van der Waals surface area contributed by atoms with E-state index in [2.05, 4.69) is 9.97 Å². The van der Waals surface area contributed by atoms with E-state index in [0.717, 1.165) is 11.3 Å². The third-order valence-electron chi connectivity index (χ3n) is 2.53. The van der Waals surface area contributed by atoms with Crippen molar-refractivity contribution in [2.45, 2.75) is 13.8 Å². The van der Waals surface area contributed by atoms with Gasteiger partial charge in [-0.05, 0) is 32.1 Å². The van der Waals surface area contributed by atoms with E-state index in [1.165, 1.54) is 6.07 Å². The predicted molar refractivity (Wildman–Crippen MR) is 76.1 cm³/mol. The predicted octanol–water partition coefficient (Wildman–Crippen LogP) is 2.65. The summed E-state index contributed by atoms with van der Waals surface area (Å²) in [4.78, 5) is 18.3. The molecular formula is C15H16N2O2. The average molecular weight is 256 g/mol. The number of nitrogens with zero attached hydrogens (tertiary/aromatic N) is 1. The van der Waals surface area contributed by atoms with Gasteiger partial charge in [0.1, 0.15) is 11.6 Å². The van der Waals surface area contributed by atoms with Crippen molar-refractivity contribution in [1.29, 1.82) is 0 Å². The zero-order valence-corrected chi connectivity index (χ0v) is 11.0. The molecule has 0 aliphatic carbocycles. The summed E-state index contributed by atoms with van der Waals surface area (Å²) in [5.74, 6) is 1.35. The topological polar surface area (TPSA) is 55.0 Å². The molecule has 2 rings (SSSR count). The summed E-state index contributed by atoms with van der Waals surface area (Å²) in [6.07, 6.45) is 3.65. The second kappa shape index (κ2) is 6.00. The fourth-order valence-corrected chi connectivity index (χ4v) is 1.76. The smallest absolute Gasteiger partial charge is 0.251 e. The van der Waals surface area contributed by atoms with Crippen LogP contribution < -0.4 is 10.3 Å². The number of rotatable bonds is 4. The lowest BCUT2D eigenvalue weighted by Crippen LogP contribution is -2.08. The molecule has 0 bridgehead atoms. The van der Waals surface area contributed by atoms with Crippen LogP contribution >= 0.6 is 0 Å². The first-order valence-electron chi connectivity index (χ1n) is 6.17. The van der Waals surface area contributed by atoms with E-state index < -0.39 is 0 Å². The van der Waals surface area contributed by atoms with Crippen LogP contribution in [-0.2, 0) is 0 Å². The van der Waals surface area contributed by atoms with Gasteiger partial charge in [-0.15, -0.1) is 0 Å². The van der Waals surface area contributed by atoms with Crippen LogP contribution in [0.1, 0.15) is 24.0 Å². The minimum Gasteiger partial charge on any atom is -0.493 e. The van der Waals surface area contributed by atoms with Gasteiger partial charge in [0.15, 0.2) is 0 Å². The summed E-state index contributed by atoms with van der Waals surface area (Å²) in [7, 11) is 0. The van der Waals surface area contributed by atoms with Gasteiger partial charge in [0.2, 0.25) is 0 Å². The van der Waals surface area contributed by atoms with Crippen molar-refractivity contribution in [3.05, 3.63) is 57.8 Å². The van der Waals surface area contributed by atoms with E-state index in [1.807, 2.05) is 37.3 Å². The van der Waals surface area contributed by atoms with Gasteiger partial charge < -0.3 is 9.72 Å². The van der Waals surface area contributed by atoms with Crippen LogP contribution in [0, 0.1) is 6.92 Å². The Morgan fingerprint density at radius 1 is 1.32 bits per heavy atom. The Morgan fingerprint density at radius 3 is 2.84 bits per heavy atom. The Balaban J connectivity index is 2.29. The van der Waals surface area contributed by atoms with Crippen LogP contribution in [0.15, 0.2) is 35.1 Å². The highest BCUT2D eigenvalue weighted by Gasteiger charge is 1.99. The number of benzene rings is 1. The average Bonchev–Trinajstić information content (AvgIpc) is 2.37. The minimum absolute atomic E-state index is 0.148. The Kier molecular flexibility index (Phi) is 4.13. The van der Waals surface area contributed by atoms with Crippen LogP contribution in [0.25, 0.3) is 12.2 Å². The first-order chi connectivity index (χ1) is 9.19. The minimum atomic E-state index is -0.148. The van der Waals surface area contributed by atoms with Crippen LogP contribution in [0.2, 0.25) is 0 Å². The molecule has 2 aromatic rings. The van der Waals surface area contributed by atoms with Crippen LogP contribution in [0.4, 0.5) is 0 Å². The molecule has 0 spiro atoms. The molecular weight excluding hydrogens is 240 g/mol. The number of aromatic amines is 1. The highest BCUT2D eigenvalue weighted by molar-refractivity contribution is 5.70. The van der Waals surface area contributed by atoms with Gasteiger partial charge >= 0.3 is 0 Å². The van der Waals surface area contributed by atoms with Crippen molar-refractivity contribution in [1.82, 2.24) is 9.97 Å². The molecule has 0 atom stereocenters. The van der Waals surface area contributed by atoms with Crippen molar-refractivity contribution < 1.29 is 4.74 Å². The Hall–Kier alpha value is -2.36. The largest absolute Gasteiger partial charge is 0.493 e. The number of hydrogen-bond acceptors (Lipinski definition) is 3. The number of hydrogen-bond donors (Lipinski definition) is 1. The molecule has 19 heavy (non-hydrogen) atoms. The molecule has 0 saturated carbocycles. The highest BCUT2D eigenvalue weighted by Crippen LogP contribution is 2.19. The van der Waals surface area contributed by atoms with Crippen molar-refractivity contribution >= 4 is 12.2 Å². The van der Waals surface area contributed by atoms with Crippen LogP contribution in [-0.4, -0.2) is 16.6 Å². The second-order valence-corrected chi connectivity index (χ2v) is 4.08. The summed E-state index contributed by atoms with van der Waals surface area (Å²) in [6.45, 7) is 4.35. The van der Waals surface area contributed by atoms with Crippen LogP contribution in [0.5, 0.6) is 5.75 Å². The van der Waals surface area contributed by atoms with Crippen molar-refractivity contribution in [2.75, 3.05) is 6.61 Å². The van der Waals surface area contributed by atoms with E-state index in [0.29, 0.717) is 18.1 Å². The van der Waals surface area contributed by atoms with Gasteiger partial charge in [0.25, 0.3) is 5.56 Å². The monoisotopic (exact) mass is 256 g/mol. The summed E-state index contributed by atoms with van der Waals surface area (Å²) in [5.41, 5.74) is 1.50. The summed E-state index contributed by atoms with van der Waals surface area (Å²) in [5, 5.41) is 0. The van der Waals surface area contributed by atoms with Crippen molar-refractivity contribution in [2.24, 2.45) is 0 Å². The number of para-hydroxylation sites is 1. The molecule has 0 unspecified atom stereocenters. The van der Waals surface area contributed by atoms with E-state index >= 15 is 0 Å². The zero-order chi connectivity index (χ0) is 13.7. The molecule has 0 aliphatic rings. The number of aromatic nitrogens is 2. The molecule has 0 radical (unpaired) electrons. The molecule has 1 aromatic carbocycles. The summed E-state index contributed by atoms with van der Waals surface area (Å²) < 4.78 is 5.53. The Bertz CT molecular complexity index is 645. The maximum absolute atomic E-state index is 11.3. The summed E-state index contributed by atoms with van der Waals surface area (Å²) >= 11 is 0. The van der Waals surface area contributed by atoms with E-state index in [4.69, 9.17) is 4.74 Å². The number of H-pyrrole nitrogens is 1. The fraction of sp³-hybridized carbons (Fsp3) is 0.200. The number of nitrogens with one attached hydrogen (secondary N) is 1. The highest BCUT2D eigenvalue weighted by atomic mass is 16.5. The second-order valence-electron chi connectivity index (χ2n) is 4.08. The maximum atomic E-state index is 11.3. The van der Waals surface area contributed by atoms with Crippen molar-refractivity contribution in [3.63, 3.8) is 0 Å².